The van der Waals surface area contributed by atoms with Gasteiger partial charge >= 0.3 is 0 Å². The van der Waals surface area contributed by atoms with Crippen LogP contribution in [0.25, 0.3) is 65.4 Å². The highest BCUT2D eigenvalue weighted by Gasteiger charge is 2.23. The molecule has 5 nitrogen and oxygen atoms in total. The lowest BCUT2D eigenvalue weighted by molar-refractivity contribution is 0.654. The molecule has 11 rings (SSSR count). The predicted octanol–water partition coefficient (Wildman–Crippen LogP) is 16.5. The lowest BCUT2D eigenvalue weighted by atomic mass is 10.00. The summed E-state index contributed by atoms with van der Waals surface area (Å²) in [7, 11) is 0. The van der Waals surface area contributed by atoms with E-state index in [1.165, 1.54) is 44.8 Å². The SMILES string of the molecule is Cc1ccc(N(c2ccc3cc4c(cc3c2)oc2c(C#N)c3oc5cc6cc(N(c7ccc(C)cc7)c7c(C)cccc7C)ccc6cc5c3cc24)c2c(C)cccc2C)cc1. The maximum Gasteiger partial charge on any atom is 0.157 e. The van der Waals surface area contributed by atoms with E-state index in [1.54, 1.807) is 0 Å². The fourth-order valence-electron chi connectivity index (χ4n) is 9.50. The third kappa shape index (κ3) is 5.90. The van der Waals surface area contributed by atoms with Crippen molar-refractivity contribution >= 4 is 99.5 Å². The molecule has 0 aliphatic rings. The Hall–Kier alpha value is -7.81. The Balaban J connectivity index is 1.05. The quantitative estimate of drug-likeness (QED) is 0.168. The average Bonchev–Trinajstić information content (AvgIpc) is 3.81. The molecule has 0 atom stereocenters. The fourth-order valence-corrected chi connectivity index (χ4v) is 9.50. The van der Waals surface area contributed by atoms with Crippen molar-refractivity contribution in [3.63, 3.8) is 0 Å². The maximum atomic E-state index is 10.7. The van der Waals surface area contributed by atoms with Gasteiger partial charge in [-0.3, -0.25) is 0 Å². The van der Waals surface area contributed by atoms with E-state index in [4.69, 9.17) is 8.83 Å². The Morgan fingerprint density at radius 3 is 1.16 bits per heavy atom. The van der Waals surface area contributed by atoms with E-state index in [-0.39, 0.29) is 0 Å². The highest BCUT2D eigenvalue weighted by atomic mass is 16.3. The third-order valence-electron chi connectivity index (χ3n) is 12.6. The van der Waals surface area contributed by atoms with Crippen LogP contribution >= 0.6 is 0 Å². The second kappa shape index (κ2) is 14.1. The number of rotatable bonds is 6. The van der Waals surface area contributed by atoms with E-state index in [0.717, 1.165) is 77.0 Å². The number of hydrogen-bond acceptors (Lipinski definition) is 5. The van der Waals surface area contributed by atoms with Crippen LogP contribution in [0.3, 0.4) is 0 Å². The standard InChI is InChI=1S/C57H43N3O2/c1-33-13-19-43(20-14-33)59(54-35(3)9-7-10-36(54)4)45-23-17-39-27-47-49-31-50-48-28-40-18-24-46(60(44-21-15-34(2)16-22-44)55-37(5)11-8-12-38(55)6)26-42(40)30-53(48)62-57(50)51(32-58)56(49)61-52(47)29-41(39)25-45/h7-31H,1-6H3. The largest absolute Gasteiger partial charge is 0.454 e. The predicted molar refractivity (Wildman–Crippen MR) is 259 cm³/mol. The summed E-state index contributed by atoms with van der Waals surface area (Å²) in [6, 6.07) is 56.7. The molecule has 0 aliphatic carbocycles. The van der Waals surface area contributed by atoms with Gasteiger partial charge in [0, 0.05) is 44.3 Å². The molecule has 11 aromatic rings. The van der Waals surface area contributed by atoms with E-state index in [1.807, 2.05) is 0 Å². The fraction of sp³-hybridized carbons (Fsp3) is 0.105. The molecule has 2 heterocycles. The molecule has 9 aromatic carbocycles. The van der Waals surface area contributed by atoms with Crippen LogP contribution < -0.4 is 9.80 Å². The van der Waals surface area contributed by atoms with Crippen LogP contribution in [0.4, 0.5) is 34.1 Å². The molecule has 0 radical (unpaired) electrons. The number of para-hydroxylation sites is 2. The highest BCUT2D eigenvalue weighted by molar-refractivity contribution is 6.20. The van der Waals surface area contributed by atoms with E-state index in [2.05, 4.69) is 209 Å². The molecular weight excluding hydrogens is 759 g/mol. The van der Waals surface area contributed by atoms with E-state index >= 15 is 0 Å². The van der Waals surface area contributed by atoms with Gasteiger partial charge in [0.1, 0.15) is 22.8 Å². The zero-order valence-electron chi connectivity index (χ0n) is 35.6. The molecule has 2 aromatic heterocycles. The van der Waals surface area contributed by atoms with Crippen LogP contribution in [-0.4, -0.2) is 0 Å². The van der Waals surface area contributed by atoms with Crippen LogP contribution in [0.15, 0.2) is 160 Å². The number of furan rings is 2. The monoisotopic (exact) mass is 801 g/mol. The van der Waals surface area contributed by atoms with Gasteiger partial charge in [-0.15, -0.1) is 0 Å². The topological polar surface area (TPSA) is 56.6 Å². The van der Waals surface area contributed by atoms with Gasteiger partial charge in [-0.2, -0.15) is 5.26 Å². The van der Waals surface area contributed by atoms with Gasteiger partial charge in [-0.25, -0.2) is 0 Å². The average molecular weight is 802 g/mol. The number of benzene rings is 9. The van der Waals surface area contributed by atoms with E-state index in [0.29, 0.717) is 16.7 Å². The molecule has 0 saturated heterocycles. The first-order chi connectivity index (χ1) is 30.1. The Morgan fingerprint density at radius 2 is 0.774 bits per heavy atom. The van der Waals surface area contributed by atoms with Gasteiger partial charge in [0.15, 0.2) is 11.2 Å². The number of anilines is 6. The summed E-state index contributed by atoms with van der Waals surface area (Å²) < 4.78 is 13.3. The molecule has 298 valence electrons. The van der Waals surface area contributed by atoms with E-state index in [9.17, 15) is 5.26 Å². The van der Waals surface area contributed by atoms with Crippen LogP contribution in [0.5, 0.6) is 0 Å². The van der Waals surface area contributed by atoms with Gasteiger partial charge in [0.25, 0.3) is 0 Å². The number of hydrogen-bond donors (Lipinski definition) is 0. The molecule has 0 saturated carbocycles. The second-order valence-electron chi connectivity index (χ2n) is 16.9. The molecular formula is C57H43N3O2. The maximum absolute atomic E-state index is 10.7. The second-order valence-corrected chi connectivity index (χ2v) is 16.9. The first-order valence-corrected chi connectivity index (χ1v) is 21.1. The van der Waals surface area contributed by atoms with Gasteiger partial charge < -0.3 is 18.6 Å². The Labute approximate surface area is 360 Å². The van der Waals surface area contributed by atoms with Gasteiger partial charge in [-0.1, -0.05) is 83.9 Å². The summed E-state index contributed by atoms with van der Waals surface area (Å²) in [6.45, 7) is 12.9. The van der Waals surface area contributed by atoms with Crippen LogP contribution in [-0.2, 0) is 0 Å². The first kappa shape index (κ1) is 37.2. The van der Waals surface area contributed by atoms with Crippen molar-refractivity contribution in [2.24, 2.45) is 0 Å². The molecule has 0 aliphatic heterocycles. The lowest BCUT2D eigenvalue weighted by Crippen LogP contribution is -2.12. The van der Waals surface area contributed by atoms with Crippen molar-refractivity contribution in [2.45, 2.75) is 41.5 Å². The number of nitrogens with zero attached hydrogens (tertiary/aromatic N) is 3. The summed E-state index contributed by atoms with van der Waals surface area (Å²) in [6.07, 6.45) is 0. The molecule has 0 spiro atoms. The summed E-state index contributed by atoms with van der Waals surface area (Å²) in [5, 5.41) is 18.7. The Bertz CT molecular complexity index is 3390. The number of nitriles is 1. The number of fused-ring (bicyclic) bond motifs is 8. The lowest BCUT2D eigenvalue weighted by Gasteiger charge is -2.29. The normalized spacial score (nSPS) is 11.7. The van der Waals surface area contributed by atoms with Crippen molar-refractivity contribution in [2.75, 3.05) is 9.80 Å². The van der Waals surface area contributed by atoms with Crippen molar-refractivity contribution in [3.05, 3.63) is 191 Å². The van der Waals surface area contributed by atoms with Crippen molar-refractivity contribution in [1.29, 1.82) is 5.26 Å². The number of aryl methyl sites for hydroxylation is 6. The smallest absolute Gasteiger partial charge is 0.157 e. The van der Waals surface area contributed by atoms with Crippen LogP contribution in [0.2, 0.25) is 0 Å². The third-order valence-corrected chi connectivity index (χ3v) is 12.6. The van der Waals surface area contributed by atoms with E-state index < -0.39 is 0 Å². The minimum atomic E-state index is 0.403. The molecule has 0 unspecified atom stereocenters. The van der Waals surface area contributed by atoms with Crippen LogP contribution in [0.1, 0.15) is 38.9 Å². The summed E-state index contributed by atoms with van der Waals surface area (Å²) in [4.78, 5) is 4.68. The minimum Gasteiger partial charge on any atom is -0.454 e. The van der Waals surface area contributed by atoms with Crippen molar-refractivity contribution < 1.29 is 8.83 Å². The molecule has 0 fully saturated rings. The van der Waals surface area contributed by atoms with Gasteiger partial charge in [0.05, 0.1) is 11.4 Å². The van der Waals surface area contributed by atoms with Crippen molar-refractivity contribution in [1.82, 2.24) is 0 Å². The zero-order valence-corrected chi connectivity index (χ0v) is 35.6. The summed E-state index contributed by atoms with van der Waals surface area (Å²) in [5.74, 6) is 0. The van der Waals surface area contributed by atoms with Crippen molar-refractivity contribution in [3.8, 4) is 6.07 Å². The van der Waals surface area contributed by atoms with Gasteiger partial charge in [0.2, 0.25) is 0 Å². The molecule has 0 amide bonds. The summed E-state index contributed by atoms with van der Waals surface area (Å²) in [5.41, 5.74) is 16.8. The Morgan fingerprint density at radius 1 is 0.387 bits per heavy atom. The highest BCUT2D eigenvalue weighted by Crippen LogP contribution is 2.45. The first-order valence-electron chi connectivity index (χ1n) is 21.1. The van der Waals surface area contributed by atoms with Gasteiger partial charge in [-0.05, 0) is 164 Å². The Kier molecular flexibility index (Phi) is 8.49. The molecule has 62 heavy (non-hydrogen) atoms. The molecule has 0 bridgehead atoms. The molecule has 0 N–H and O–H groups in total. The minimum absolute atomic E-state index is 0.403. The van der Waals surface area contributed by atoms with Crippen LogP contribution in [0, 0.1) is 52.9 Å². The summed E-state index contributed by atoms with van der Waals surface area (Å²) >= 11 is 0. The molecule has 5 heteroatoms. The zero-order chi connectivity index (χ0) is 42.4.